The lowest BCUT2D eigenvalue weighted by molar-refractivity contribution is -0.143. The molecule has 216 valence electrons. The smallest absolute Gasteiger partial charge is 0.246 e. The largest absolute Gasteiger partial charge is 0.496 e. The predicted molar refractivity (Wildman–Crippen MR) is 160 cm³/mol. The maximum atomic E-state index is 14.8. The van der Waals surface area contributed by atoms with E-state index in [9.17, 15) is 10.1 Å². The van der Waals surface area contributed by atoms with E-state index in [2.05, 4.69) is 20.9 Å². The van der Waals surface area contributed by atoms with Crippen LogP contribution in [-0.2, 0) is 14.3 Å². The molecule has 0 bridgehead atoms. The molecule has 1 amide bonds. The molecular formula is C33H35N5O4. The van der Waals surface area contributed by atoms with Gasteiger partial charge in [-0.1, -0.05) is 60.7 Å². The minimum absolute atomic E-state index is 0.111. The first-order chi connectivity index (χ1) is 20.6. The van der Waals surface area contributed by atoms with Crippen LogP contribution in [0.4, 0.5) is 5.95 Å². The summed E-state index contributed by atoms with van der Waals surface area (Å²) in [6, 6.07) is 25.9. The van der Waals surface area contributed by atoms with Crippen LogP contribution in [0.25, 0.3) is 10.8 Å². The lowest BCUT2D eigenvalue weighted by Crippen LogP contribution is -2.56. The van der Waals surface area contributed by atoms with Crippen LogP contribution in [0, 0.1) is 16.7 Å². The van der Waals surface area contributed by atoms with Crippen molar-refractivity contribution >= 4 is 22.6 Å². The second-order valence-corrected chi connectivity index (χ2v) is 10.2. The van der Waals surface area contributed by atoms with Gasteiger partial charge in [-0.25, -0.2) is 9.97 Å². The van der Waals surface area contributed by atoms with Crippen molar-refractivity contribution in [1.82, 2.24) is 14.9 Å². The number of piperazine rings is 1. The van der Waals surface area contributed by atoms with Crippen LogP contribution in [-0.4, -0.2) is 81.0 Å². The third-order valence-electron chi connectivity index (χ3n) is 7.82. The molecule has 1 saturated heterocycles. The maximum absolute atomic E-state index is 14.8. The molecule has 1 aromatic heterocycles. The third kappa shape index (κ3) is 5.77. The van der Waals surface area contributed by atoms with E-state index in [-0.39, 0.29) is 19.1 Å². The molecule has 9 heteroatoms. The minimum atomic E-state index is -1.60. The Kier molecular flexibility index (Phi) is 9.27. The number of hydrogen-bond acceptors (Lipinski definition) is 8. The zero-order chi connectivity index (χ0) is 29.4. The van der Waals surface area contributed by atoms with Crippen molar-refractivity contribution in [3.05, 3.63) is 96.3 Å². The topological polar surface area (TPSA) is 101 Å². The summed E-state index contributed by atoms with van der Waals surface area (Å²) in [4.78, 5) is 27.3. The second kappa shape index (κ2) is 13.4. The Morgan fingerprint density at radius 3 is 2.33 bits per heavy atom. The molecule has 3 aromatic carbocycles. The summed E-state index contributed by atoms with van der Waals surface area (Å²) >= 11 is 0. The number of anilines is 1. The summed E-state index contributed by atoms with van der Waals surface area (Å²) in [5.74, 6) is 0.266. The Hall–Kier alpha value is -4.52. The van der Waals surface area contributed by atoms with Crippen LogP contribution >= 0.6 is 0 Å². The number of ether oxygens (including phenoxy) is 3. The molecule has 0 aliphatic carbocycles. The first-order valence-corrected chi connectivity index (χ1v) is 14.0. The van der Waals surface area contributed by atoms with Gasteiger partial charge in [0.25, 0.3) is 0 Å². The number of aromatic nitrogens is 2. The van der Waals surface area contributed by atoms with E-state index in [1.165, 1.54) is 0 Å². The van der Waals surface area contributed by atoms with Gasteiger partial charge in [-0.3, -0.25) is 4.79 Å². The maximum Gasteiger partial charge on any atom is 0.246 e. The predicted octanol–water partition coefficient (Wildman–Crippen LogP) is 4.29. The lowest BCUT2D eigenvalue weighted by atomic mass is 9.67. The van der Waals surface area contributed by atoms with Crippen LogP contribution in [0.2, 0.25) is 0 Å². The third-order valence-corrected chi connectivity index (χ3v) is 7.82. The van der Waals surface area contributed by atoms with Crippen LogP contribution in [0.15, 0.2) is 85.2 Å². The summed E-state index contributed by atoms with van der Waals surface area (Å²) in [6.45, 7) is 2.43. The minimum Gasteiger partial charge on any atom is -0.496 e. The van der Waals surface area contributed by atoms with Gasteiger partial charge < -0.3 is 24.0 Å². The van der Waals surface area contributed by atoms with Gasteiger partial charge in [-0.05, 0) is 28.5 Å². The average molecular weight is 566 g/mol. The number of nitriles is 1. The highest BCUT2D eigenvalue weighted by atomic mass is 16.5. The van der Waals surface area contributed by atoms with Gasteiger partial charge in [0, 0.05) is 57.2 Å². The molecular weight excluding hydrogens is 530 g/mol. The monoisotopic (exact) mass is 565 g/mol. The highest BCUT2D eigenvalue weighted by molar-refractivity contribution is 5.92. The van der Waals surface area contributed by atoms with Crippen molar-refractivity contribution in [3.63, 3.8) is 0 Å². The van der Waals surface area contributed by atoms with Crippen molar-refractivity contribution in [2.24, 2.45) is 5.41 Å². The zero-order valence-electron chi connectivity index (χ0n) is 24.0. The number of benzene rings is 3. The van der Waals surface area contributed by atoms with Gasteiger partial charge in [-0.15, -0.1) is 0 Å². The van der Waals surface area contributed by atoms with E-state index < -0.39 is 11.3 Å². The molecule has 1 aliphatic heterocycles. The summed E-state index contributed by atoms with van der Waals surface area (Å²) in [6.07, 6.45) is 3.42. The molecule has 42 heavy (non-hydrogen) atoms. The Balaban J connectivity index is 1.62. The van der Waals surface area contributed by atoms with E-state index >= 15 is 0 Å². The van der Waals surface area contributed by atoms with Gasteiger partial charge in [0.2, 0.25) is 11.9 Å². The summed E-state index contributed by atoms with van der Waals surface area (Å²) in [5, 5.41) is 13.1. The van der Waals surface area contributed by atoms with Crippen LogP contribution in [0.1, 0.15) is 17.0 Å². The first kappa shape index (κ1) is 29.0. The molecule has 0 radical (unpaired) electrons. The Morgan fingerprint density at radius 2 is 1.60 bits per heavy atom. The fourth-order valence-corrected chi connectivity index (χ4v) is 5.74. The van der Waals surface area contributed by atoms with E-state index in [0.29, 0.717) is 44.5 Å². The highest BCUT2D eigenvalue weighted by Gasteiger charge is 2.52. The quantitative estimate of drug-likeness (QED) is 0.248. The second-order valence-electron chi connectivity index (χ2n) is 10.2. The number of carbonyl (C=O) groups is 1. The zero-order valence-corrected chi connectivity index (χ0v) is 24.0. The van der Waals surface area contributed by atoms with Crippen molar-refractivity contribution in [2.75, 3.05) is 65.1 Å². The number of rotatable bonds is 11. The van der Waals surface area contributed by atoms with Crippen LogP contribution in [0.5, 0.6) is 5.75 Å². The molecule has 0 N–H and O–H groups in total. The molecule has 0 saturated carbocycles. The average Bonchev–Trinajstić information content (AvgIpc) is 3.06. The molecule has 0 spiro atoms. The summed E-state index contributed by atoms with van der Waals surface area (Å²) < 4.78 is 17.1. The van der Waals surface area contributed by atoms with Crippen molar-refractivity contribution in [2.45, 2.75) is 5.92 Å². The van der Waals surface area contributed by atoms with E-state index in [4.69, 9.17) is 14.2 Å². The summed E-state index contributed by atoms with van der Waals surface area (Å²) in [5.41, 5.74) is 0.00912. The first-order valence-electron chi connectivity index (χ1n) is 14.0. The molecule has 4 aromatic rings. The van der Waals surface area contributed by atoms with Gasteiger partial charge in [0.05, 0.1) is 33.0 Å². The van der Waals surface area contributed by atoms with E-state index in [1.807, 2.05) is 66.7 Å². The molecule has 2 unspecified atom stereocenters. The Labute approximate surface area is 246 Å². The normalized spacial score (nSPS) is 15.5. The number of nitrogens with zero attached hydrogens (tertiary/aromatic N) is 5. The van der Waals surface area contributed by atoms with E-state index in [1.54, 1.807) is 37.6 Å². The van der Waals surface area contributed by atoms with Gasteiger partial charge >= 0.3 is 0 Å². The van der Waals surface area contributed by atoms with E-state index in [0.717, 1.165) is 21.9 Å². The molecule has 2 heterocycles. The van der Waals surface area contributed by atoms with Crippen molar-refractivity contribution in [1.29, 1.82) is 5.26 Å². The fourth-order valence-electron chi connectivity index (χ4n) is 5.74. The molecule has 9 nitrogen and oxygen atoms in total. The molecule has 1 aliphatic rings. The van der Waals surface area contributed by atoms with Crippen LogP contribution in [0.3, 0.4) is 0 Å². The Morgan fingerprint density at radius 1 is 0.905 bits per heavy atom. The molecule has 5 rings (SSSR count). The Bertz CT molecular complexity index is 1530. The SMILES string of the molecule is COCCOCC(C#N)(C(=O)N1CCN(c2ncccn2)CC1)C(c1ccccc1OC)c1cccc2ccccc12. The number of fused-ring (bicyclic) bond motifs is 1. The summed E-state index contributed by atoms with van der Waals surface area (Å²) in [7, 11) is 3.20. The van der Waals surface area contributed by atoms with Crippen LogP contribution < -0.4 is 9.64 Å². The molecule has 1 fully saturated rings. The fraction of sp³-hybridized carbons (Fsp3) is 0.333. The van der Waals surface area contributed by atoms with Gasteiger partial charge in [0.15, 0.2) is 5.41 Å². The van der Waals surface area contributed by atoms with Crippen molar-refractivity contribution in [3.8, 4) is 11.8 Å². The molecule has 2 atom stereocenters. The van der Waals surface area contributed by atoms with Gasteiger partial charge in [0.1, 0.15) is 5.75 Å². The number of para-hydroxylation sites is 1. The van der Waals surface area contributed by atoms with Crippen molar-refractivity contribution < 1.29 is 19.0 Å². The number of amides is 1. The number of methoxy groups -OCH3 is 2. The highest BCUT2D eigenvalue weighted by Crippen LogP contribution is 2.48. The number of carbonyl (C=O) groups excluding carboxylic acids is 1. The number of hydrogen-bond donors (Lipinski definition) is 0. The van der Waals surface area contributed by atoms with Gasteiger partial charge in [-0.2, -0.15) is 5.26 Å². The standard InChI is InChI=1S/C33H35N5O4/c1-40-21-22-42-24-33(23-34,31(39)37-17-19-38(20-18-37)32-35-15-8-16-36-32)30(28-12-5-6-14-29(28)41-2)27-13-7-10-25-9-3-4-11-26(25)27/h3-16,30H,17-22,24H2,1-2H3. The lowest BCUT2D eigenvalue weighted by Gasteiger charge is -2.42.